The SMILES string of the molecule is CC(C)CCCn1c(=O)c(=O)[nH]c2c(C(=O)O)cccc21. The lowest BCUT2D eigenvalue weighted by molar-refractivity contribution is 0.0699. The fourth-order valence-electron chi connectivity index (χ4n) is 2.35. The van der Waals surface area contributed by atoms with Gasteiger partial charge in [-0.2, -0.15) is 0 Å². The van der Waals surface area contributed by atoms with Crippen LogP contribution < -0.4 is 11.1 Å². The lowest BCUT2D eigenvalue weighted by Crippen LogP contribution is -2.36. The number of carboxylic acid groups (broad SMARTS) is 1. The van der Waals surface area contributed by atoms with Gasteiger partial charge in [0.15, 0.2) is 0 Å². The Morgan fingerprint density at radius 2 is 2.05 bits per heavy atom. The van der Waals surface area contributed by atoms with E-state index in [9.17, 15) is 19.5 Å². The van der Waals surface area contributed by atoms with Gasteiger partial charge in [-0.05, 0) is 30.9 Å². The van der Waals surface area contributed by atoms with Gasteiger partial charge in [-0.25, -0.2) is 4.79 Å². The van der Waals surface area contributed by atoms with Crippen molar-refractivity contribution in [3.63, 3.8) is 0 Å². The Balaban J connectivity index is 2.60. The molecular formula is C15H18N2O4. The molecule has 0 amide bonds. The molecule has 1 heterocycles. The Hall–Kier alpha value is -2.37. The van der Waals surface area contributed by atoms with Crippen LogP contribution in [0.3, 0.4) is 0 Å². The van der Waals surface area contributed by atoms with Crippen LogP contribution in [0.1, 0.15) is 37.0 Å². The lowest BCUT2D eigenvalue weighted by Gasteiger charge is -2.11. The molecule has 0 aliphatic heterocycles. The zero-order valence-corrected chi connectivity index (χ0v) is 12.0. The summed E-state index contributed by atoms with van der Waals surface area (Å²) in [4.78, 5) is 37.3. The predicted octanol–water partition coefficient (Wildman–Crippen LogP) is 1.82. The van der Waals surface area contributed by atoms with Crippen molar-refractivity contribution in [2.24, 2.45) is 5.92 Å². The second-order valence-electron chi connectivity index (χ2n) is 5.45. The van der Waals surface area contributed by atoms with E-state index < -0.39 is 17.1 Å². The fourth-order valence-corrected chi connectivity index (χ4v) is 2.35. The molecule has 0 bridgehead atoms. The van der Waals surface area contributed by atoms with E-state index in [4.69, 9.17) is 0 Å². The fraction of sp³-hybridized carbons (Fsp3) is 0.400. The highest BCUT2D eigenvalue weighted by Gasteiger charge is 2.14. The van der Waals surface area contributed by atoms with Crippen molar-refractivity contribution < 1.29 is 9.90 Å². The number of rotatable bonds is 5. The van der Waals surface area contributed by atoms with Crippen LogP contribution in [0.4, 0.5) is 0 Å². The van der Waals surface area contributed by atoms with Gasteiger partial charge in [0.2, 0.25) is 0 Å². The number of aromatic carboxylic acids is 1. The first-order chi connectivity index (χ1) is 9.91. The number of carbonyl (C=O) groups is 1. The monoisotopic (exact) mass is 290 g/mol. The first-order valence-corrected chi connectivity index (χ1v) is 6.91. The number of benzene rings is 1. The van der Waals surface area contributed by atoms with Crippen LogP contribution in [0.2, 0.25) is 0 Å². The Bertz CT molecular complexity index is 786. The molecule has 0 aliphatic rings. The van der Waals surface area contributed by atoms with Gasteiger partial charge in [-0.1, -0.05) is 19.9 Å². The number of nitrogens with one attached hydrogen (secondary N) is 1. The van der Waals surface area contributed by atoms with Crippen LogP contribution in [0.25, 0.3) is 11.0 Å². The molecule has 0 saturated heterocycles. The van der Waals surface area contributed by atoms with E-state index in [-0.39, 0.29) is 11.1 Å². The highest BCUT2D eigenvalue weighted by atomic mass is 16.4. The second-order valence-corrected chi connectivity index (χ2v) is 5.45. The summed E-state index contributed by atoms with van der Waals surface area (Å²) in [7, 11) is 0. The highest BCUT2D eigenvalue weighted by molar-refractivity contribution is 6.00. The van der Waals surface area contributed by atoms with Crippen molar-refractivity contribution in [1.29, 1.82) is 0 Å². The van der Waals surface area contributed by atoms with Crippen molar-refractivity contribution in [2.45, 2.75) is 33.2 Å². The maximum absolute atomic E-state index is 12.0. The van der Waals surface area contributed by atoms with E-state index in [1.165, 1.54) is 10.6 Å². The average Bonchev–Trinajstić information content (AvgIpc) is 2.42. The van der Waals surface area contributed by atoms with Gasteiger partial charge in [-0.3, -0.25) is 9.59 Å². The third-order valence-electron chi connectivity index (χ3n) is 3.40. The summed E-state index contributed by atoms with van der Waals surface area (Å²) in [5, 5.41) is 9.17. The molecule has 0 unspecified atom stereocenters. The number of H-pyrrole nitrogens is 1. The molecule has 2 aromatic rings. The summed E-state index contributed by atoms with van der Waals surface area (Å²) in [5.41, 5.74) is -0.806. The van der Waals surface area contributed by atoms with Gasteiger partial charge in [0, 0.05) is 6.54 Å². The molecule has 112 valence electrons. The van der Waals surface area contributed by atoms with Crippen molar-refractivity contribution in [3.8, 4) is 0 Å². The van der Waals surface area contributed by atoms with E-state index >= 15 is 0 Å². The molecule has 0 saturated carbocycles. The molecular weight excluding hydrogens is 272 g/mol. The van der Waals surface area contributed by atoms with Crippen molar-refractivity contribution in [2.75, 3.05) is 0 Å². The number of aromatic nitrogens is 2. The largest absolute Gasteiger partial charge is 0.478 e. The summed E-state index contributed by atoms with van der Waals surface area (Å²) < 4.78 is 1.36. The van der Waals surface area contributed by atoms with Crippen LogP contribution in [0.15, 0.2) is 27.8 Å². The highest BCUT2D eigenvalue weighted by Crippen LogP contribution is 2.15. The average molecular weight is 290 g/mol. The van der Waals surface area contributed by atoms with Gasteiger partial charge in [-0.15, -0.1) is 0 Å². The first-order valence-electron chi connectivity index (χ1n) is 6.91. The maximum Gasteiger partial charge on any atom is 0.337 e. The quantitative estimate of drug-likeness (QED) is 0.822. The molecule has 0 aliphatic carbocycles. The number of nitrogens with zero attached hydrogens (tertiary/aromatic N) is 1. The third kappa shape index (κ3) is 3.04. The Kier molecular flexibility index (Phi) is 4.26. The van der Waals surface area contributed by atoms with Crippen LogP contribution >= 0.6 is 0 Å². The number of aryl methyl sites for hydroxylation is 1. The normalized spacial score (nSPS) is 11.2. The molecule has 0 radical (unpaired) electrons. The van der Waals surface area contributed by atoms with E-state index in [0.717, 1.165) is 12.8 Å². The van der Waals surface area contributed by atoms with Crippen LogP contribution in [0, 0.1) is 5.92 Å². The number of fused-ring (bicyclic) bond motifs is 1. The third-order valence-corrected chi connectivity index (χ3v) is 3.40. The molecule has 6 heteroatoms. The van der Waals surface area contributed by atoms with Crippen molar-refractivity contribution in [1.82, 2.24) is 9.55 Å². The van der Waals surface area contributed by atoms with E-state index in [1.54, 1.807) is 12.1 Å². The molecule has 0 spiro atoms. The minimum Gasteiger partial charge on any atom is -0.478 e. The van der Waals surface area contributed by atoms with E-state index in [1.807, 2.05) is 0 Å². The van der Waals surface area contributed by atoms with Crippen molar-refractivity contribution in [3.05, 3.63) is 44.5 Å². The van der Waals surface area contributed by atoms with Crippen molar-refractivity contribution >= 4 is 17.0 Å². The molecule has 2 rings (SSSR count). The van der Waals surface area contributed by atoms with Gasteiger partial charge >= 0.3 is 17.1 Å². The van der Waals surface area contributed by atoms with E-state index in [2.05, 4.69) is 18.8 Å². The standard InChI is InChI=1S/C15H18N2O4/c1-9(2)5-4-8-17-11-7-3-6-10(15(20)21)12(11)16-13(18)14(17)19/h3,6-7,9H,4-5,8H2,1-2H3,(H,16,18)(H,20,21). The number of hydrogen-bond acceptors (Lipinski definition) is 3. The second kappa shape index (κ2) is 5.95. The summed E-state index contributed by atoms with van der Waals surface area (Å²) in [6.45, 7) is 4.57. The summed E-state index contributed by atoms with van der Waals surface area (Å²) >= 11 is 0. The Labute approximate surface area is 121 Å². The minimum atomic E-state index is -1.14. The molecule has 2 N–H and O–H groups in total. The molecule has 6 nitrogen and oxygen atoms in total. The predicted molar refractivity (Wildman–Crippen MR) is 79.9 cm³/mol. The van der Waals surface area contributed by atoms with Crippen LogP contribution in [-0.4, -0.2) is 20.6 Å². The summed E-state index contributed by atoms with van der Waals surface area (Å²) in [5.74, 6) is -0.632. The smallest absolute Gasteiger partial charge is 0.337 e. The number of hydrogen-bond donors (Lipinski definition) is 2. The zero-order valence-electron chi connectivity index (χ0n) is 12.0. The molecule has 1 aromatic heterocycles. The van der Waals surface area contributed by atoms with Crippen LogP contribution in [-0.2, 0) is 6.54 Å². The number of carboxylic acids is 1. The lowest BCUT2D eigenvalue weighted by atomic mass is 10.1. The number of aromatic amines is 1. The summed E-state index contributed by atoms with van der Waals surface area (Å²) in [6, 6.07) is 4.63. The molecule has 21 heavy (non-hydrogen) atoms. The Morgan fingerprint density at radius 1 is 1.33 bits per heavy atom. The van der Waals surface area contributed by atoms with Gasteiger partial charge < -0.3 is 14.7 Å². The molecule has 0 fully saturated rings. The van der Waals surface area contributed by atoms with E-state index in [0.29, 0.717) is 18.0 Å². The molecule has 0 atom stereocenters. The molecule has 1 aromatic carbocycles. The Morgan fingerprint density at radius 3 is 2.67 bits per heavy atom. The minimum absolute atomic E-state index is 0.0118. The summed E-state index contributed by atoms with van der Waals surface area (Å²) in [6.07, 6.45) is 1.69. The topological polar surface area (TPSA) is 92.2 Å². The first kappa shape index (κ1) is 15.0. The van der Waals surface area contributed by atoms with Gasteiger partial charge in [0.05, 0.1) is 16.6 Å². The zero-order chi connectivity index (χ0) is 15.6. The van der Waals surface area contributed by atoms with Crippen LogP contribution in [0.5, 0.6) is 0 Å². The number of para-hydroxylation sites is 1. The van der Waals surface area contributed by atoms with Gasteiger partial charge in [0.25, 0.3) is 0 Å². The maximum atomic E-state index is 12.0. The van der Waals surface area contributed by atoms with Gasteiger partial charge in [0.1, 0.15) is 0 Å².